The van der Waals surface area contributed by atoms with Crippen molar-refractivity contribution in [1.82, 2.24) is 0 Å². The Morgan fingerprint density at radius 2 is 1.94 bits per heavy atom. The SMILES string of the molecule is COC(=O)[C@H](N)[C@@H](C)Oc1ccc(Cl)cc1. The first kappa shape index (κ1) is 12.8. The highest BCUT2D eigenvalue weighted by Gasteiger charge is 2.22. The molecular weight excluding hydrogens is 230 g/mol. The van der Waals surface area contributed by atoms with Gasteiger partial charge < -0.3 is 15.2 Å². The molecule has 1 rings (SSSR count). The molecule has 2 N–H and O–H groups in total. The van der Waals surface area contributed by atoms with Gasteiger partial charge in [-0.2, -0.15) is 0 Å². The number of halogens is 1. The van der Waals surface area contributed by atoms with Crippen molar-refractivity contribution in [1.29, 1.82) is 0 Å². The highest BCUT2D eigenvalue weighted by Crippen LogP contribution is 2.17. The van der Waals surface area contributed by atoms with Crippen LogP contribution in [0.1, 0.15) is 6.92 Å². The smallest absolute Gasteiger partial charge is 0.326 e. The number of carbonyl (C=O) groups excluding carboxylic acids is 1. The number of carbonyl (C=O) groups is 1. The normalized spacial score (nSPS) is 14.0. The first-order chi connectivity index (χ1) is 7.54. The second-order valence-corrected chi connectivity index (χ2v) is 3.76. The third kappa shape index (κ3) is 3.40. The van der Waals surface area contributed by atoms with Crippen LogP contribution in [0.4, 0.5) is 0 Å². The highest BCUT2D eigenvalue weighted by molar-refractivity contribution is 6.30. The van der Waals surface area contributed by atoms with Gasteiger partial charge in [-0.25, -0.2) is 0 Å². The summed E-state index contributed by atoms with van der Waals surface area (Å²) in [6, 6.07) is 6.02. The van der Waals surface area contributed by atoms with Crippen LogP contribution < -0.4 is 10.5 Å². The fourth-order valence-electron chi connectivity index (χ4n) is 1.13. The Labute approximate surface area is 99.3 Å². The summed E-state index contributed by atoms with van der Waals surface area (Å²) in [5.74, 6) is 0.109. The lowest BCUT2D eigenvalue weighted by molar-refractivity contribution is -0.144. The zero-order chi connectivity index (χ0) is 12.1. The number of hydrogen-bond acceptors (Lipinski definition) is 4. The van der Waals surface area contributed by atoms with Crippen LogP contribution in [0.15, 0.2) is 24.3 Å². The van der Waals surface area contributed by atoms with Gasteiger partial charge in [0.25, 0.3) is 0 Å². The first-order valence-corrected chi connectivity index (χ1v) is 5.18. The number of ether oxygens (including phenoxy) is 2. The van der Waals surface area contributed by atoms with E-state index in [1.54, 1.807) is 31.2 Å². The minimum atomic E-state index is -0.805. The fraction of sp³-hybridized carbons (Fsp3) is 0.364. The molecule has 0 saturated heterocycles. The molecule has 0 aliphatic carbocycles. The minimum absolute atomic E-state index is 0.464. The van der Waals surface area contributed by atoms with Gasteiger partial charge in [0.15, 0.2) is 0 Å². The van der Waals surface area contributed by atoms with Gasteiger partial charge in [0.2, 0.25) is 0 Å². The number of methoxy groups -OCH3 is 1. The maximum Gasteiger partial charge on any atom is 0.326 e. The zero-order valence-corrected chi connectivity index (χ0v) is 9.90. The molecule has 0 aliphatic heterocycles. The molecule has 0 unspecified atom stereocenters. The van der Waals surface area contributed by atoms with Crippen LogP contribution >= 0.6 is 11.6 Å². The molecule has 2 atom stereocenters. The van der Waals surface area contributed by atoms with Crippen LogP contribution in [0.2, 0.25) is 5.02 Å². The molecule has 0 bridgehead atoms. The lowest BCUT2D eigenvalue weighted by Crippen LogP contribution is -2.44. The second kappa shape index (κ2) is 5.72. The average Bonchev–Trinajstić information content (AvgIpc) is 2.30. The average molecular weight is 244 g/mol. The quantitative estimate of drug-likeness (QED) is 0.817. The second-order valence-electron chi connectivity index (χ2n) is 3.33. The minimum Gasteiger partial charge on any atom is -0.488 e. The summed E-state index contributed by atoms with van der Waals surface area (Å²) in [6.07, 6.45) is -0.464. The number of benzene rings is 1. The summed E-state index contributed by atoms with van der Waals surface area (Å²) in [5.41, 5.74) is 5.62. The van der Waals surface area contributed by atoms with E-state index in [2.05, 4.69) is 4.74 Å². The van der Waals surface area contributed by atoms with Crippen molar-refractivity contribution in [2.75, 3.05) is 7.11 Å². The van der Waals surface area contributed by atoms with Gasteiger partial charge in [-0.05, 0) is 31.2 Å². The van der Waals surface area contributed by atoms with E-state index in [1.165, 1.54) is 7.11 Å². The molecule has 1 aromatic rings. The zero-order valence-electron chi connectivity index (χ0n) is 9.14. The van der Waals surface area contributed by atoms with Gasteiger partial charge in [-0.1, -0.05) is 11.6 Å². The maximum atomic E-state index is 11.1. The predicted octanol–water partition coefficient (Wildman–Crippen LogP) is 1.61. The van der Waals surface area contributed by atoms with E-state index in [-0.39, 0.29) is 0 Å². The summed E-state index contributed by atoms with van der Waals surface area (Å²) in [7, 11) is 1.29. The summed E-state index contributed by atoms with van der Waals surface area (Å²) in [4.78, 5) is 11.1. The number of esters is 1. The third-order valence-corrected chi connectivity index (χ3v) is 2.37. The molecular formula is C11H14ClNO3. The third-order valence-electron chi connectivity index (χ3n) is 2.11. The lowest BCUT2D eigenvalue weighted by Gasteiger charge is -2.19. The van der Waals surface area contributed by atoms with Crippen LogP contribution in [0, 0.1) is 0 Å². The number of nitrogens with two attached hydrogens (primary N) is 1. The number of hydrogen-bond donors (Lipinski definition) is 1. The Kier molecular flexibility index (Phi) is 4.58. The Hall–Kier alpha value is -1.26. The molecule has 0 fully saturated rings. The molecule has 4 nitrogen and oxygen atoms in total. The van der Waals surface area contributed by atoms with E-state index in [0.29, 0.717) is 10.8 Å². The molecule has 16 heavy (non-hydrogen) atoms. The summed E-state index contributed by atoms with van der Waals surface area (Å²) >= 11 is 5.73. The molecule has 5 heteroatoms. The van der Waals surface area contributed by atoms with Crippen LogP contribution in [0.5, 0.6) is 5.75 Å². The lowest BCUT2D eigenvalue weighted by atomic mass is 10.2. The standard InChI is InChI=1S/C11H14ClNO3/c1-7(10(13)11(14)15-2)16-9-5-3-8(12)4-6-9/h3-7,10H,13H2,1-2H3/t7-,10-/m1/s1. The molecule has 1 aromatic carbocycles. The van der Waals surface area contributed by atoms with Crippen LogP contribution in [0.25, 0.3) is 0 Å². The molecule has 0 radical (unpaired) electrons. The molecule has 0 amide bonds. The van der Waals surface area contributed by atoms with Gasteiger partial charge in [-0.3, -0.25) is 4.79 Å². The van der Waals surface area contributed by atoms with Crippen molar-refractivity contribution < 1.29 is 14.3 Å². The summed E-state index contributed by atoms with van der Waals surface area (Å²) < 4.78 is 9.99. The van der Waals surface area contributed by atoms with Crippen LogP contribution in [-0.2, 0) is 9.53 Å². The topological polar surface area (TPSA) is 61.5 Å². The molecule has 88 valence electrons. The van der Waals surface area contributed by atoms with E-state index < -0.39 is 18.1 Å². The fourth-order valence-corrected chi connectivity index (χ4v) is 1.25. The van der Waals surface area contributed by atoms with Gasteiger partial charge in [-0.15, -0.1) is 0 Å². The van der Waals surface area contributed by atoms with Gasteiger partial charge in [0.1, 0.15) is 17.9 Å². The largest absolute Gasteiger partial charge is 0.488 e. The van der Waals surface area contributed by atoms with E-state index in [1.807, 2.05) is 0 Å². The van der Waals surface area contributed by atoms with Gasteiger partial charge in [0.05, 0.1) is 7.11 Å². The summed E-state index contributed by atoms with van der Waals surface area (Å²) in [6.45, 7) is 1.70. The van der Waals surface area contributed by atoms with Crippen molar-refractivity contribution in [2.45, 2.75) is 19.1 Å². The summed E-state index contributed by atoms with van der Waals surface area (Å²) in [5, 5.41) is 0.622. The Morgan fingerprint density at radius 1 is 1.38 bits per heavy atom. The molecule has 0 aliphatic rings. The Balaban J connectivity index is 2.60. The first-order valence-electron chi connectivity index (χ1n) is 4.80. The van der Waals surface area contributed by atoms with Crippen molar-refractivity contribution in [3.8, 4) is 5.75 Å². The van der Waals surface area contributed by atoms with Crippen molar-refractivity contribution >= 4 is 17.6 Å². The van der Waals surface area contributed by atoms with Crippen LogP contribution in [-0.4, -0.2) is 25.2 Å². The van der Waals surface area contributed by atoms with E-state index >= 15 is 0 Å². The van der Waals surface area contributed by atoms with E-state index in [9.17, 15) is 4.79 Å². The molecule has 0 heterocycles. The van der Waals surface area contributed by atoms with Crippen LogP contribution in [0.3, 0.4) is 0 Å². The molecule has 0 aromatic heterocycles. The Bertz CT molecular complexity index is 353. The van der Waals surface area contributed by atoms with E-state index in [0.717, 1.165) is 0 Å². The molecule has 0 saturated carbocycles. The predicted molar refractivity (Wildman–Crippen MR) is 61.5 cm³/mol. The van der Waals surface area contributed by atoms with E-state index in [4.69, 9.17) is 22.1 Å². The molecule has 0 spiro atoms. The Morgan fingerprint density at radius 3 is 2.44 bits per heavy atom. The van der Waals surface area contributed by atoms with Gasteiger partial charge in [0, 0.05) is 5.02 Å². The van der Waals surface area contributed by atoms with Crippen molar-refractivity contribution in [2.24, 2.45) is 5.73 Å². The van der Waals surface area contributed by atoms with Crippen molar-refractivity contribution in [3.63, 3.8) is 0 Å². The highest BCUT2D eigenvalue weighted by atomic mass is 35.5. The number of rotatable bonds is 4. The maximum absolute atomic E-state index is 11.1. The van der Waals surface area contributed by atoms with Gasteiger partial charge >= 0.3 is 5.97 Å². The van der Waals surface area contributed by atoms with Crippen molar-refractivity contribution in [3.05, 3.63) is 29.3 Å². The monoisotopic (exact) mass is 243 g/mol.